The van der Waals surface area contributed by atoms with E-state index in [0.717, 1.165) is 30.7 Å². The van der Waals surface area contributed by atoms with Crippen molar-refractivity contribution >= 4 is 11.6 Å². The van der Waals surface area contributed by atoms with E-state index in [9.17, 15) is 4.79 Å². The van der Waals surface area contributed by atoms with E-state index in [4.69, 9.17) is 0 Å². The first-order valence-electron chi connectivity index (χ1n) is 8.99. The van der Waals surface area contributed by atoms with Gasteiger partial charge in [-0.25, -0.2) is 4.98 Å². The highest BCUT2D eigenvalue weighted by Crippen LogP contribution is 2.35. The van der Waals surface area contributed by atoms with Crippen molar-refractivity contribution in [3.63, 3.8) is 0 Å². The topological polar surface area (TPSA) is 67.5 Å². The maximum absolute atomic E-state index is 12.2. The summed E-state index contributed by atoms with van der Waals surface area (Å²) in [4.78, 5) is 18.4. The lowest BCUT2D eigenvalue weighted by molar-refractivity contribution is -0.137. The zero-order chi connectivity index (χ0) is 18.1. The van der Waals surface area contributed by atoms with Crippen molar-refractivity contribution in [1.29, 1.82) is 0 Å². The molecule has 1 aliphatic heterocycles. The van der Waals surface area contributed by atoms with Gasteiger partial charge in [0.05, 0.1) is 12.2 Å². The summed E-state index contributed by atoms with van der Waals surface area (Å²) < 4.78 is 3.90. The fourth-order valence-electron chi connectivity index (χ4n) is 3.95. The summed E-state index contributed by atoms with van der Waals surface area (Å²) in [6.07, 6.45) is 9.19. The summed E-state index contributed by atoms with van der Waals surface area (Å²) in [7, 11) is 3.81. The van der Waals surface area contributed by atoms with Crippen molar-refractivity contribution in [3.8, 4) is 0 Å². The molecule has 3 aromatic rings. The number of amides is 1. The lowest BCUT2D eigenvalue weighted by atomic mass is 9.85. The SMILES string of the molecule is CN1C(=O)CC[C@H](CNCc2cccc3nccn23)[C@H]1c1cnn(C)c1. The minimum Gasteiger partial charge on any atom is -0.338 e. The number of piperidine rings is 1. The van der Waals surface area contributed by atoms with E-state index in [-0.39, 0.29) is 11.9 Å². The van der Waals surface area contributed by atoms with E-state index in [1.54, 1.807) is 4.68 Å². The first-order chi connectivity index (χ1) is 12.6. The van der Waals surface area contributed by atoms with E-state index in [1.165, 1.54) is 5.69 Å². The zero-order valence-electron chi connectivity index (χ0n) is 15.2. The number of hydrogen-bond donors (Lipinski definition) is 1. The maximum atomic E-state index is 12.2. The molecule has 1 fully saturated rings. The zero-order valence-corrected chi connectivity index (χ0v) is 15.2. The van der Waals surface area contributed by atoms with E-state index in [1.807, 2.05) is 55.9 Å². The highest BCUT2D eigenvalue weighted by molar-refractivity contribution is 5.77. The predicted octanol–water partition coefficient (Wildman–Crippen LogP) is 1.77. The van der Waals surface area contributed by atoms with Gasteiger partial charge in [0.15, 0.2) is 0 Å². The van der Waals surface area contributed by atoms with Gasteiger partial charge in [0, 0.05) is 63.5 Å². The second-order valence-corrected chi connectivity index (χ2v) is 7.00. The number of likely N-dealkylation sites (tertiary alicyclic amines) is 1. The fraction of sp³-hybridized carbons (Fsp3) is 0.421. The van der Waals surface area contributed by atoms with Gasteiger partial charge in [-0.3, -0.25) is 9.48 Å². The van der Waals surface area contributed by atoms with Crippen molar-refractivity contribution in [3.05, 3.63) is 54.2 Å². The summed E-state index contributed by atoms with van der Waals surface area (Å²) in [5.41, 5.74) is 3.24. The molecule has 2 atom stereocenters. The third kappa shape index (κ3) is 3.10. The minimum atomic E-state index is 0.0708. The Kier molecular flexibility index (Phi) is 4.46. The molecule has 0 aliphatic carbocycles. The molecule has 4 rings (SSSR count). The van der Waals surface area contributed by atoms with Crippen molar-refractivity contribution in [1.82, 2.24) is 29.4 Å². The first-order valence-corrected chi connectivity index (χ1v) is 8.99. The van der Waals surface area contributed by atoms with E-state index in [2.05, 4.69) is 25.9 Å². The smallest absolute Gasteiger partial charge is 0.222 e. The second kappa shape index (κ2) is 6.92. The Morgan fingerprint density at radius 1 is 1.31 bits per heavy atom. The molecule has 7 heteroatoms. The number of carbonyl (C=O) groups excluding carboxylic acids is 1. The molecule has 1 aliphatic rings. The second-order valence-electron chi connectivity index (χ2n) is 7.00. The summed E-state index contributed by atoms with van der Waals surface area (Å²) in [5, 5.41) is 7.87. The minimum absolute atomic E-state index is 0.0708. The number of pyridine rings is 1. The maximum Gasteiger partial charge on any atom is 0.222 e. The Balaban J connectivity index is 1.47. The number of aryl methyl sites for hydroxylation is 1. The normalized spacial score (nSPS) is 20.8. The van der Waals surface area contributed by atoms with Crippen molar-refractivity contribution in [2.75, 3.05) is 13.6 Å². The number of rotatable bonds is 5. The largest absolute Gasteiger partial charge is 0.338 e. The first kappa shape index (κ1) is 16.8. The molecule has 1 N–H and O–H groups in total. The molecule has 4 heterocycles. The molecular weight excluding hydrogens is 328 g/mol. The molecule has 1 saturated heterocycles. The number of imidazole rings is 1. The molecule has 7 nitrogen and oxygen atoms in total. The molecule has 136 valence electrons. The van der Waals surface area contributed by atoms with Gasteiger partial charge in [-0.15, -0.1) is 0 Å². The molecule has 26 heavy (non-hydrogen) atoms. The van der Waals surface area contributed by atoms with E-state index < -0.39 is 0 Å². The lowest BCUT2D eigenvalue weighted by Crippen LogP contribution is -2.43. The molecule has 0 spiro atoms. The van der Waals surface area contributed by atoms with Crippen LogP contribution in [0.5, 0.6) is 0 Å². The van der Waals surface area contributed by atoms with Crippen LogP contribution in [0, 0.1) is 5.92 Å². The van der Waals surface area contributed by atoms with Crippen LogP contribution in [-0.4, -0.2) is 43.6 Å². The van der Waals surface area contributed by atoms with E-state index in [0.29, 0.717) is 12.3 Å². The highest BCUT2D eigenvalue weighted by atomic mass is 16.2. The highest BCUT2D eigenvalue weighted by Gasteiger charge is 2.35. The third-order valence-corrected chi connectivity index (χ3v) is 5.28. The van der Waals surface area contributed by atoms with Gasteiger partial charge in [-0.2, -0.15) is 5.10 Å². The van der Waals surface area contributed by atoms with Crippen LogP contribution < -0.4 is 5.32 Å². The van der Waals surface area contributed by atoms with Crippen molar-refractivity contribution in [2.24, 2.45) is 13.0 Å². The Bertz CT molecular complexity index is 914. The molecule has 0 saturated carbocycles. The van der Waals surface area contributed by atoms with Gasteiger partial charge in [0.25, 0.3) is 0 Å². The van der Waals surface area contributed by atoms with Crippen LogP contribution in [0.4, 0.5) is 0 Å². The summed E-state index contributed by atoms with van der Waals surface area (Å²) >= 11 is 0. The Morgan fingerprint density at radius 3 is 3.00 bits per heavy atom. The number of nitrogens with one attached hydrogen (secondary N) is 1. The predicted molar refractivity (Wildman–Crippen MR) is 98.3 cm³/mol. The van der Waals surface area contributed by atoms with Gasteiger partial charge in [0.1, 0.15) is 5.65 Å². The summed E-state index contributed by atoms with van der Waals surface area (Å²) in [6, 6.07) is 6.21. The summed E-state index contributed by atoms with van der Waals surface area (Å²) in [6.45, 7) is 1.61. The Labute approximate surface area is 152 Å². The average molecular weight is 352 g/mol. The number of carbonyl (C=O) groups is 1. The van der Waals surface area contributed by atoms with Crippen LogP contribution in [0.3, 0.4) is 0 Å². The fourth-order valence-corrected chi connectivity index (χ4v) is 3.95. The number of nitrogens with zero attached hydrogens (tertiary/aromatic N) is 5. The monoisotopic (exact) mass is 352 g/mol. The lowest BCUT2D eigenvalue weighted by Gasteiger charge is -2.38. The van der Waals surface area contributed by atoms with Crippen molar-refractivity contribution < 1.29 is 4.79 Å². The molecule has 1 amide bonds. The number of aromatic nitrogens is 4. The van der Waals surface area contributed by atoms with Gasteiger partial charge in [-0.05, 0) is 24.5 Å². The van der Waals surface area contributed by atoms with Gasteiger partial charge >= 0.3 is 0 Å². The molecule has 0 aromatic carbocycles. The number of hydrogen-bond acceptors (Lipinski definition) is 4. The molecule has 0 radical (unpaired) electrons. The van der Waals surface area contributed by atoms with Crippen LogP contribution in [0.15, 0.2) is 43.0 Å². The molecule has 0 unspecified atom stereocenters. The standard InChI is InChI=1S/C19H24N6O/c1-23-13-15(11-22-23)19-14(6-7-18(26)24(19)2)10-20-12-16-4-3-5-17-21-8-9-25(16)17/h3-5,8-9,11,13-14,19-20H,6-7,10,12H2,1-2H3/t14-,19+/m1/s1. The van der Waals surface area contributed by atoms with Crippen molar-refractivity contribution in [2.45, 2.75) is 25.4 Å². The third-order valence-electron chi connectivity index (χ3n) is 5.28. The molecule has 0 bridgehead atoms. The van der Waals surface area contributed by atoms with Crippen LogP contribution in [-0.2, 0) is 18.4 Å². The van der Waals surface area contributed by atoms with Gasteiger partial charge < -0.3 is 14.6 Å². The van der Waals surface area contributed by atoms with Crippen LogP contribution >= 0.6 is 0 Å². The van der Waals surface area contributed by atoms with E-state index >= 15 is 0 Å². The molecule has 3 aromatic heterocycles. The van der Waals surface area contributed by atoms with Gasteiger partial charge in [0.2, 0.25) is 5.91 Å². The van der Waals surface area contributed by atoms with Crippen LogP contribution in [0.2, 0.25) is 0 Å². The average Bonchev–Trinajstić information content (AvgIpc) is 3.27. The van der Waals surface area contributed by atoms with Crippen LogP contribution in [0.25, 0.3) is 5.65 Å². The quantitative estimate of drug-likeness (QED) is 0.760. The molecular formula is C19H24N6O. The Morgan fingerprint density at radius 2 is 2.19 bits per heavy atom. The number of fused-ring (bicyclic) bond motifs is 1. The Hall–Kier alpha value is -2.67. The summed E-state index contributed by atoms with van der Waals surface area (Å²) in [5.74, 6) is 0.571. The van der Waals surface area contributed by atoms with Crippen LogP contribution in [0.1, 0.15) is 30.1 Å². The van der Waals surface area contributed by atoms with Gasteiger partial charge in [-0.1, -0.05) is 6.07 Å².